The van der Waals surface area contributed by atoms with Crippen LogP contribution in [0.4, 0.5) is 4.79 Å². The molecular formula is C30H39NO4. The first-order chi connectivity index (χ1) is 16.3. The van der Waals surface area contributed by atoms with Gasteiger partial charge in [-0.1, -0.05) is 30.3 Å². The second kappa shape index (κ2) is 9.00. The number of rotatable bonds is 3. The maximum Gasteiger partial charge on any atom is 0.410 e. The zero-order valence-electron chi connectivity index (χ0n) is 22.2. The highest BCUT2D eigenvalue weighted by Gasteiger charge is 2.55. The molecule has 1 saturated carbocycles. The second-order valence-electron chi connectivity index (χ2n) is 12.2. The summed E-state index contributed by atoms with van der Waals surface area (Å²) < 4.78 is 11.0. The molecule has 0 radical (unpaired) electrons. The standard InChI is InChI=1S/C30H39NO4/c1-20-18-23(26(32)34-28(2,3)4)12-13-24(20)21-8-10-22(11-9-21)25-19-30(25)14-16-31(17-15-30)27(33)35-29(5,6)7/h8-13,18,25H,14-17,19H2,1-7H3. The quantitative estimate of drug-likeness (QED) is 0.442. The van der Waals surface area contributed by atoms with Crippen LogP contribution in [0.25, 0.3) is 11.1 Å². The van der Waals surface area contributed by atoms with Crippen molar-refractivity contribution in [3.05, 3.63) is 59.2 Å². The predicted molar refractivity (Wildman–Crippen MR) is 139 cm³/mol. The Morgan fingerprint density at radius 3 is 2.03 bits per heavy atom. The van der Waals surface area contributed by atoms with Crippen molar-refractivity contribution in [2.24, 2.45) is 5.41 Å². The van der Waals surface area contributed by atoms with Crippen molar-refractivity contribution < 1.29 is 19.1 Å². The van der Waals surface area contributed by atoms with Gasteiger partial charge < -0.3 is 14.4 Å². The van der Waals surface area contributed by atoms with Gasteiger partial charge >= 0.3 is 12.1 Å². The molecule has 5 nitrogen and oxygen atoms in total. The van der Waals surface area contributed by atoms with Crippen molar-refractivity contribution in [2.75, 3.05) is 13.1 Å². The number of piperidine rings is 1. The van der Waals surface area contributed by atoms with Gasteiger partial charge in [0.25, 0.3) is 0 Å². The first-order valence-corrected chi connectivity index (χ1v) is 12.7. The third-order valence-corrected chi connectivity index (χ3v) is 7.09. The molecule has 1 atom stereocenters. The number of likely N-dealkylation sites (tertiary alicyclic amines) is 1. The van der Waals surface area contributed by atoms with Gasteiger partial charge in [0.2, 0.25) is 0 Å². The third-order valence-electron chi connectivity index (χ3n) is 7.09. The fourth-order valence-corrected chi connectivity index (χ4v) is 5.18. The highest BCUT2D eigenvalue weighted by molar-refractivity contribution is 5.91. The number of nitrogens with zero attached hydrogens (tertiary/aromatic N) is 1. The molecule has 2 fully saturated rings. The van der Waals surface area contributed by atoms with E-state index in [0.717, 1.165) is 42.6 Å². The van der Waals surface area contributed by atoms with E-state index in [1.165, 1.54) is 12.0 Å². The highest BCUT2D eigenvalue weighted by Crippen LogP contribution is 2.65. The maximum atomic E-state index is 12.4. The van der Waals surface area contributed by atoms with Gasteiger partial charge in [0.15, 0.2) is 0 Å². The molecule has 2 aromatic carbocycles. The monoisotopic (exact) mass is 477 g/mol. The molecule has 0 N–H and O–H groups in total. The molecule has 1 unspecified atom stereocenters. The first-order valence-electron chi connectivity index (χ1n) is 12.7. The molecule has 1 aliphatic carbocycles. The van der Waals surface area contributed by atoms with E-state index in [-0.39, 0.29) is 12.1 Å². The van der Waals surface area contributed by atoms with Crippen molar-refractivity contribution in [1.29, 1.82) is 0 Å². The van der Waals surface area contributed by atoms with Crippen molar-refractivity contribution in [3.8, 4) is 11.1 Å². The van der Waals surface area contributed by atoms with Crippen LogP contribution < -0.4 is 0 Å². The first kappa shape index (κ1) is 25.3. The number of carbonyl (C=O) groups excluding carboxylic acids is 2. The van der Waals surface area contributed by atoms with Crippen molar-refractivity contribution in [3.63, 3.8) is 0 Å². The van der Waals surface area contributed by atoms with Crippen LogP contribution in [0.15, 0.2) is 42.5 Å². The molecule has 1 aliphatic heterocycles. The predicted octanol–water partition coefficient (Wildman–Crippen LogP) is 7.12. The fourth-order valence-electron chi connectivity index (χ4n) is 5.18. The lowest BCUT2D eigenvalue weighted by molar-refractivity contribution is 0.00681. The van der Waals surface area contributed by atoms with Gasteiger partial charge in [0.05, 0.1) is 5.56 Å². The van der Waals surface area contributed by atoms with Gasteiger partial charge in [0, 0.05) is 13.1 Å². The maximum absolute atomic E-state index is 12.4. The molecule has 2 aliphatic rings. The van der Waals surface area contributed by atoms with Crippen LogP contribution >= 0.6 is 0 Å². The molecular weight excluding hydrogens is 438 g/mol. The van der Waals surface area contributed by atoms with E-state index in [1.54, 1.807) is 0 Å². The van der Waals surface area contributed by atoms with E-state index >= 15 is 0 Å². The Labute approximate surface area is 209 Å². The Morgan fingerprint density at radius 1 is 0.886 bits per heavy atom. The van der Waals surface area contributed by atoms with Gasteiger partial charge in [0.1, 0.15) is 11.2 Å². The summed E-state index contributed by atoms with van der Waals surface area (Å²) in [6, 6.07) is 14.6. The van der Waals surface area contributed by atoms with E-state index in [1.807, 2.05) is 71.6 Å². The van der Waals surface area contributed by atoms with E-state index in [9.17, 15) is 9.59 Å². The van der Waals surface area contributed by atoms with Crippen molar-refractivity contribution >= 4 is 12.1 Å². The van der Waals surface area contributed by atoms with Crippen LogP contribution in [-0.4, -0.2) is 41.3 Å². The number of esters is 1. The van der Waals surface area contributed by atoms with Gasteiger partial charge in [-0.2, -0.15) is 0 Å². The zero-order valence-corrected chi connectivity index (χ0v) is 22.2. The molecule has 4 rings (SSSR count). The highest BCUT2D eigenvalue weighted by atomic mass is 16.6. The van der Waals surface area contributed by atoms with Crippen LogP contribution in [-0.2, 0) is 9.47 Å². The summed E-state index contributed by atoms with van der Waals surface area (Å²) in [5, 5.41) is 0. The van der Waals surface area contributed by atoms with E-state index in [2.05, 4.69) is 24.3 Å². The molecule has 1 spiro atoms. The summed E-state index contributed by atoms with van der Waals surface area (Å²) in [6.45, 7) is 14.9. The largest absolute Gasteiger partial charge is 0.456 e. The molecule has 1 saturated heterocycles. The van der Waals surface area contributed by atoms with Crippen molar-refractivity contribution in [1.82, 2.24) is 4.90 Å². The van der Waals surface area contributed by atoms with E-state index < -0.39 is 11.2 Å². The average molecular weight is 478 g/mol. The van der Waals surface area contributed by atoms with Gasteiger partial charge in [-0.05, 0) is 113 Å². The Bertz CT molecular complexity index is 1100. The number of hydrogen-bond acceptors (Lipinski definition) is 4. The summed E-state index contributed by atoms with van der Waals surface area (Å²) in [7, 11) is 0. The molecule has 35 heavy (non-hydrogen) atoms. The average Bonchev–Trinajstić information content (AvgIpc) is 3.45. The summed E-state index contributed by atoms with van der Waals surface area (Å²) in [5.41, 5.74) is 4.65. The minimum Gasteiger partial charge on any atom is -0.456 e. The Kier molecular flexibility index (Phi) is 6.50. The van der Waals surface area contributed by atoms with Crippen LogP contribution in [0.1, 0.15) is 88.2 Å². The van der Waals surface area contributed by atoms with E-state index in [0.29, 0.717) is 16.9 Å². The SMILES string of the molecule is Cc1cc(C(=O)OC(C)(C)C)ccc1-c1ccc(C2CC23CCN(C(=O)OC(C)(C)C)CC3)cc1. The Balaban J connectivity index is 1.38. The molecule has 5 heteroatoms. The Morgan fingerprint density at radius 2 is 1.49 bits per heavy atom. The molecule has 188 valence electrons. The smallest absolute Gasteiger partial charge is 0.410 e. The second-order valence-corrected chi connectivity index (χ2v) is 12.2. The lowest BCUT2D eigenvalue weighted by Gasteiger charge is -2.34. The van der Waals surface area contributed by atoms with Crippen molar-refractivity contribution in [2.45, 2.75) is 84.8 Å². The summed E-state index contributed by atoms with van der Waals surface area (Å²) in [6.07, 6.45) is 3.06. The molecule has 2 aromatic rings. The normalized spacial score (nSPS) is 19.4. The summed E-state index contributed by atoms with van der Waals surface area (Å²) in [4.78, 5) is 26.7. The summed E-state index contributed by atoms with van der Waals surface area (Å²) in [5.74, 6) is 0.271. The molecule has 0 aromatic heterocycles. The van der Waals surface area contributed by atoms with Crippen LogP contribution in [0.2, 0.25) is 0 Å². The van der Waals surface area contributed by atoms with Gasteiger partial charge in [-0.25, -0.2) is 9.59 Å². The summed E-state index contributed by atoms with van der Waals surface area (Å²) >= 11 is 0. The number of ether oxygens (including phenoxy) is 2. The molecule has 1 amide bonds. The minimum absolute atomic E-state index is 0.193. The van der Waals surface area contributed by atoms with E-state index in [4.69, 9.17) is 9.47 Å². The lowest BCUT2D eigenvalue weighted by atomic mass is 9.88. The number of amides is 1. The van der Waals surface area contributed by atoms with Crippen LogP contribution in [0.5, 0.6) is 0 Å². The van der Waals surface area contributed by atoms with Gasteiger partial charge in [-0.15, -0.1) is 0 Å². The third kappa shape index (κ3) is 5.88. The lowest BCUT2D eigenvalue weighted by Crippen LogP contribution is -2.42. The fraction of sp³-hybridized carbons (Fsp3) is 0.533. The molecule has 1 heterocycles. The number of aryl methyl sites for hydroxylation is 1. The number of hydrogen-bond donors (Lipinski definition) is 0. The molecule has 0 bridgehead atoms. The zero-order chi connectivity index (χ0) is 25.6. The number of benzene rings is 2. The Hall–Kier alpha value is -2.82. The van der Waals surface area contributed by atoms with Crippen LogP contribution in [0, 0.1) is 12.3 Å². The van der Waals surface area contributed by atoms with Gasteiger partial charge in [-0.3, -0.25) is 0 Å². The van der Waals surface area contributed by atoms with Crippen LogP contribution in [0.3, 0.4) is 0 Å². The topological polar surface area (TPSA) is 55.8 Å². The number of carbonyl (C=O) groups is 2. The minimum atomic E-state index is -0.508.